The minimum Gasteiger partial charge on any atom is -0.336 e. The van der Waals surface area contributed by atoms with Crippen molar-refractivity contribution >= 4 is 35.6 Å². The summed E-state index contributed by atoms with van der Waals surface area (Å²) >= 11 is 0. The molecule has 7 heteroatoms. The number of imidazole rings is 1. The number of rotatable bonds is 9. The first-order valence-electron chi connectivity index (χ1n) is 13.3. The van der Waals surface area contributed by atoms with Crippen molar-refractivity contribution in [3.63, 3.8) is 0 Å². The highest BCUT2D eigenvalue weighted by atomic mass is 35.5. The van der Waals surface area contributed by atoms with Gasteiger partial charge >= 0.3 is 0 Å². The Morgan fingerprint density at radius 2 is 1.63 bits per heavy atom. The van der Waals surface area contributed by atoms with Crippen molar-refractivity contribution in [1.29, 1.82) is 10.5 Å². The van der Waals surface area contributed by atoms with Crippen molar-refractivity contribution in [3.8, 4) is 23.3 Å². The zero-order chi connectivity index (χ0) is 27.2. The van der Waals surface area contributed by atoms with Gasteiger partial charge in [-0.05, 0) is 64.7 Å². The molecule has 0 aliphatic heterocycles. The molecular formula is C34H33Cl2N5. The summed E-state index contributed by atoms with van der Waals surface area (Å²) in [6, 6.07) is 33.2. The summed E-state index contributed by atoms with van der Waals surface area (Å²) in [4.78, 5) is 6.95. The number of aryl methyl sites for hydroxylation is 1. The lowest BCUT2D eigenvalue weighted by Crippen LogP contribution is -2.31. The molecule has 0 fully saturated rings. The summed E-state index contributed by atoms with van der Waals surface area (Å²) in [5.74, 6) is 0. The van der Waals surface area contributed by atoms with Gasteiger partial charge in [0.25, 0.3) is 0 Å². The Hall–Kier alpha value is -4.13. The molecule has 41 heavy (non-hydrogen) atoms. The van der Waals surface area contributed by atoms with Gasteiger partial charge in [-0.25, -0.2) is 4.98 Å². The van der Waals surface area contributed by atoms with Crippen LogP contribution in [0.2, 0.25) is 0 Å². The Kier molecular flexibility index (Phi) is 11.1. The second-order valence-corrected chi connectivity index (χ2v) is 9.91. The SMILES string of the molecule is CCCCN(Cc1ccc(C#N)cc1)C(c1ccc(C#N)c(-c2cccc3ccccc23)c1)c1cncn1C.Cl.Cl. The molecule has 5 rings (SSSR count). The highest BCUT2D eigenvalue weighted by Crippen LogP contribution is 2.36. The third-order valence-corrected chi connectivity index (χ3v) is 7.33. The largest absolute Gasteiger partial charge is 0.336 e. The molecule has 1 aromatic heterocycles. The zero-order valence-electron chi connectivity index (χ0n) is 23.2. The van der Waals surface area contributed by atoms with E-state index < -0.39 is 0 Å². The summed E-state index contributed by atoms with van der Waals surface area (Å²) in [5.41, 5.74) is 6.67. The average molecular weight is 583 g/mol. The maximum Gasteiger partial charge on any atom is 0.0998 e. The number of benzene rings is 4. The van der Waals surface area contributed by atoms with E-state index in [4.69, 9.17) is 0 Å². The van der Waals surface area contributed by atoms with Gasteiger partial charge in [0.1, 0.15) is 0 Å². The van der Waals surface area contributed by atoms with Gasteiger partial charge in [0.2, 0.25) is 0 Å². The van der Waals surface area contributed by atoms with E-state index in [9.17, 15) is 10.5 Å². The van der Waals surface area contributed by atoms with Gasteiger partial charge in [-0.15, -0.1) is 24.8 Å². The number of fused-ring (bicyclic) bond motifs is 1. The number of nitriles is 2. The summed E-state index contributed by atoms with van der Waals surface area (Å²) in [7, 11) is 2.03. The number of aromatic nitrogens is 2. The molecule has 0 saturated heterocycles. The van der Waals surface area contributed by atoms with Crippen molar-refractivity contribution in [2.45, 2.75) is 32.4 Å². The Morgan fingerprint density at radius 1 is 0.878 bits per heavy atom. The topological polar surface area (TPSA) is 68.6 Å². The van der Waals surface area contributed by atoms with Crippen LogP contribution in [0.3, 0.4) is 0 Å². The lowest BCUT2D eigenvalue weighted by atomic mass is 9.90. The highest BCUT2D eigenvalue weighted by Gasteiger charge is 2.26. The Balaban J connectivity index is 0.00000231. The van der Waals surface area contributed by atoms with E-state index in [-0.39, 0.29) is 30.9 Å². The molecule has 0 bridgehead atoms. The molecule has 208 valence electrons. The van der Waals surface area contributed by atoms with Crippen LogP contribution in [-0.4, -0.2) is 21.0 Å². The van der Waals surface area contributed by atoms with Gasteiger partial charge in [0, 0.05) is 19.2 Å². The van der Waals surface area contributed by atoms with Crippen LogP contribution in [0.25, 0.3) is 21.9 Å². The summed E-state index contributed by atoms with van der Waals surface area (Å²) in [5, 5.41) is 21.6. The molecule has 1 unspecified atom stereocenters. The lowest BCUT2D eigenvalue weighted by Gasteiger charge is -2.33. The maximum atomic E-state index is 10.1. The number of nitrogens with zero attached hydrogens (tertiary/aromatic N) is 5. The Morgan fingerprint density at radius 3 is 2.32 bits per heavy atom. The molecule has 0 spiro atoms. The fraction of sp³-hybridized carbons (Fsp3) is 0.206. The second kappa shape index (κ2) is 14.5. The van der Waals surface area contributed by atoms with Crippen LogP contribution in [0.15, 0.2) is 97.5 Å². The minimum absolute atomic E-state index is 0. The van der Waals surface area contributed by atoms with E-state index in [2.05, 4.69) is 76.0 Å². The molecule has 0 amide bonds. The molecule has 1 atom stereocenters. The molecular weight excluding hydrogens is 549 g/mol. The van der Waals surface area contributed by atoms with Crippen LogP contribution in [0.4, 0.5) is 0 Å². The number of halogens is 2. The van der Waals surface area contributed by atoms with E-state index in [1.165, 1.54) is 0 Å². The molecule has 5 nitrogen and oxygen atoms in total. The molecule has 0 radical (unpaired) electrons. The third kappa shape index (κ3) is 6.79. The molecule has 4 aromatic carbocycles. The third-order valence-electron chi connectivity index (χ3n) is 7.33. The second-order valence-electron chi connectivity index (χ2n) is 9.91. The number of unbranched alkanes of at least 4 members (excludes halogenated alkanes) is 1. The molecule has 0 N–H and O–H groups in total. The monoisotopic (exact) mass is 581 g/mol. The van der Waals surface area contributed by atoms with E-state index in [1.807, 2.05) is 62.0 Å². The molecule has 5 aromatic rings. The standard InChI is InChI=1S/C34H31N5.2ClH/c1-3-4-18-39(23-26-14-12-25(20-35)13-15-26)34(33-22-37-24-38(33)2)28-16-17-29(21-36)32(19-28)31-11-7-9-27-8-5-6-10-30(27)31;;/h5-17,19,22,24,34H,3-4,18,23H2,1-2H3;2*1H. The quantitative estimate of drug-likeness (QED) is 0.176. The van der Waals surface area contributed by atoms with Crippen molar-refractivity contribution < 1.29 is 0 Å². The van der Waals surface area contributed by atoms with Gasteiger partial charge in [-0.3, -0.25) is 4.90 Å². The van der Waals surface area contributed by atoms with Crippen molar-refractivity contribution in [3.05, 3.63) is 125 Å². The van der Waals surface area contributed by atoms with Gasteiger partial charge in [0.05, 0.1) is 47.5 Å². The first-order valence-corrected chi connectivity index (χ1v) is 13.3. The molecule has 0 saturated carbocycles. The van der Waals surface area contributed by atoms with Gasteiger partial charge < -0.3 is 4.57 Å². The summed E-state index contributed by atoms with van der Waals surface area (Å²) in [6.07, 6.45) is 5.92. The predicted molar refractivity (Wildman–Crippen MR) is 170 cm³/mol. The van der Waals surface area contributed by atoms with E-state index in [1.54, 1.807) is 0 Å². The molecule has 0 aliphatic carbocycles. The minimum atomic E-state index is -0.0684. The van der Waals surface area contributed by atoms with Crippen LogP contribution in [0.5, 0.6) is 0 Å². The fourth-order valence-electron chi connectivity index (χ4n) is 5.29. The summed E-state index contributed by atoms with van der Waals surface area (Å²) in [6.45, 7) is 3.83. The van der Waals surface area contributed by atoms with Crippen molar-refractivity contribution in [2.75, 3.05) is 6.54 Å². The first-order chi connectivity index (χ1) is 19.1. The maximum absolute atomic E-state index is 10.1. The Bertz CT molecular complexity index is 1670. The predicted octanol–water partition coefficient (Wildman–Crippen LogP) is 8.22. The Labute approximate surface area is 254 Å². The molecule has 0 aliphatic rings. The van der Waals surface area contributed by atoms with Gasteiger partial charge in [-0.2, -0.15) is 10.5 Å². The van der Waals surface area contributed by atoms with E-state index in [0.717, 1.165) is 64.7 Å². The van der Waals surface area contributed by atoms with Crippen molar-refractivity contribution in [1.82, 2.24) is 14.5 Å². The normalized spacial score (nSPS) is 11.2. The lowest BCUT2D eigenvalue weighted by molar-refractivity contribution is 0.207. The summed E-state index contributed by atoms with van der Waals surface area (Å²) < 4.78 is 2.08. The van der Waals surface area contributed by atoms with Crippen LogP contribution in [0, 0.1) is 22.7 Å². The average Bonchev–Trinajstić information content (AvgIpc) is 3.41. The van der Waals surface area contributed by atoms with E-state index in [0.29, 0.717) is 11.1 Å². The zero-order valence-corrected chi connectivity index (χ0v) is 24.8. The van der Waals surface area contributed by atoms with E-state index >= 15 is 0 Å². The van der Waals surface area contributed by atoms with Gasteiger partial charge in [0.15, 0.2) is 0 Å². The smallest absolute Gasteiger partial charge is 0.0998 e. The van der Waals surface area contributed by atoms with Crippen LogP contribution >= 0.6 is 24.8 Å². The van der Waals surface area contributed by atoms with Gasteiger partial charge in [-0.1, -0.05) is 74.0 Å². The number of hydrogen-bond donors (Lipinski definition) is 0. The van der Waals surface area contributed by atoms with Crippen LogP contribution in [0.1, 0.15) is 53.8 Å². The first kappa shape index (κ1) is 31.4. The van der Waals surface area contributed by atoms with Crippen LogP contribution in [-0.2, 0) is 13.6 Å². The van der Waals surface area contributed by atoms with Crippen molar-refractivity contribution in [2.24, 2.45) is 7.05 Å². The fourth-order valence-corrected chi connectivity index (χ4v) is 5.29. The number of hydrogen-bond acceptors (Lipinski definition) is 4. The highest BCUT2D eigenvalue weighted by molar-refractivity contribution is 5.97. The van der Waals surface area contributed by atoms with Crippen LogP contribution < -0.4 is 0 Å². The molecule has 1 heterocycles.